The summed E-state index contributed by atoms with van der Waals surface area (Å²) in [7, 11) is -3.66. The van der Waals surface area contributed by atoms with Crippen molar-refractivity contribution in [2.75, 3.05) is 0 Å². The van der Waals surface area contributed by atoms with Gasteiger partial charge in [-0.3, -0.25) is 0 Å². The fraction of sp³-hybridized carbons (Fsp3) is 0.125. The van der Waals surface area contributed by atoms with E-state index >= 15 is 0 Å². The summed E-state index contributed by atoms with van der Waals surface area (Å²) < 4.78 is 29.0. The first-order chi connectivity index (χ1) is 11.1. The zero-order valence-corrected chi connectivity index (χ0v) is 13.3. The Morgan fingerprint density at radius 2 is 1.83 bits per heavy atom. The van der Waals surface area contributed by atoms with E-state index in [-0.39, 0.29) is 10.9 Å². The summed E-state index contributed by atoms with van der Waals surface area (Å²) in [6, 6.07) is 14.4. The molecule has 23 heavy (non-hydrogen) atoms. The van der Waals surface area contributed by atoms with Gasteiger partial charge >= 0.3 is 0 Å². The Morgan fingerprint density at radius 1 is 1.09 bits per heavy atom. The summed E-state index contributed by atoms with van der Waals surface area (Å²) in [6.45, 7) is 1.80. The van der Waals surface area contributed by atoms with Crippen molar-refractivity contribution in [2.45, 2.75) is 17.9 Å². The molecule has 0 bridgehead atoms. The topological polar surface area (TPSA) is 76.9 Å². The van der Waals surface area contributed by atoms with Gasteiger partial charge in [-0.1, -0.05) is 36.4 Å². The predicted molar refractivity (Wildman–Crippen MR) is 86.5 cm³/mol. The maximum absolute atomic E-state index is 12.5. The molecule has 2 heterocycles. The molecule has 0 amide bonds. The van der Waals surface area contributed by atoms with Crippen molar-refractivity contribution in [2.24, 2.45) is 0 Å². The van der Waals surface area contributed by atoms with E-state index < -0.39 is 10.0 Å². The molecule has 0 aliphatic carbocycles. The Balaban J connectivity index is 1.82. The lowest BCUT2D eigenvalue weighted by molar-refractivity contribution is 0.567. The third-order valence-corrected chi connectivity index (χ3v) is 4.88. The second-order valence-electron chi connectivity index (χ2n) is 5.06. The van der Waals surface area contributed by atoms with Gasteiger partial charge < -0.3 is 0 Å². The molecule has 1 atom stereocenters. The summed E-state index contributed by atoms with van der Waals surface area (Å²) in [5.74, 6) is 0.560. The monoisotopic (exact) mass is 328 g/mol. The average Bonchev–Trinajstić information content (AvgIpc) is 3.07. The van der Waals surface area contributed by atoms with E-state index in [4.69, 9.17) is 0 Å². The van der Waals surface area contributed by atoms with Crippen LogP contribution < -0.4 is 4.72 Å². The first kappa shape index (κ1) is 15.4. The lowest BCUT2D eigenvalue weighted by Crippen LogP contribution is -2.26. The highest BCUT2D eigenvalue weighted by Crippen LogP contribution is 2.17. The molecular weight excluding hydrogens is 312 g/mol. The number of nitrogens with zero attached hydrogens (tertiary/aromatic N) is 3. The number of rotatable bonds is 5. The number of benzene rings is 1. The van der Waals surface area contributed by atoms with E-state index in [9.17, 15) is 8.42 Å². The molecule has 0 saturated carbocycles. The predicted octanol–water partition coefficient (Wildman–Crippen LogP) is 2.31. The van der Waals surface area contributed by atoms with E-state index in [1.165, 1.54) is 17.1 Å². The standard InChI is InChI=1S/C16H16N4O2S/c1-13(14-7-3-2-4-8-14)19-23(21,22)15-11-18-20(12-15)16-9-5-6-10-17-16/h2-13,19H,1H3. The zero-order valence-electron chi connectivity index (χ0n) is 12.5. The van der Waals surface area contributed by atoms with Crippen molar-refractivity contribution in [1.82, 2.24) is 19.5 Å². The van der Waals surface area contributed by atoms with Gasteiger partial charge in [-0.15, -0.1) is 0 Å². The van der Waals surface area contributed by atoms with Gasteiger partial charge in [0.1, 0.15) is 4.90 Å². The second kappa shape index (κ2) is 6.31. The first-order valence-corrected chi connectivity index (χ1v) is 8.58. The molecule has 0 saturated heterocycles. The van der Waals surface area contributed by atoms with Crippen LogP contribution in [0.1, 0.15) is 18.5 Å². The quantitative estimate of drug-likeness (QED) is 0.780. The molecule has 6 nitrogen and oxygen atoms in total. The van der Waals surface area contributed by atoms with Gasteiger partial charge in [-0.25, -0.2) is 22.8 Å². The van der Waals surface area contributed by atoms with Gasteiger partial charge in [0.15, 0.2) is 5.82 Å². The first-order valence-electron chi connectivity index (χ1n) is 7.09. The molecule has 0 spiro atoms. The molecule has 3 aromatic rings. The molecule has 1 unspecified atom stereocenters. The van der Waals surface area contributed by atoms with E-state index in [0.29, 0.717) is 5.82 Å². The maximum Gasteiger partial charge on any atom is 0.244 e. The molecule has 0 aliphatic heterocycles. The molecule has 118 valence electrons. The SMILES string of the molecule is CC(NS(=O)(=O)c1cnn(-c2ccccn2)c1)c1ccccc1. The molecule has 1 N–H and O–H groups in total. The van der Waals surface area contributed by atoms with Gasteiger partial charge in [0.25, 0.3) is 0 Å². The number of hydrogen-bond donors (Lipinski definition) is 1. The van der Waals surface area contributed by atoms with E-state index in [1.54, 1.807) is 25.3 Å². The molecule has 2 aromatic heterocycles. The zero-order chi connectivity index (χ0) is 16.3. The van der Waals surface area contributed by atoms with Crippen molar-refractivity contribution >= 4 is 10.0 Å². The molecular formula is C16H16N4O2S. The van der Waals surface area contributed by atoms with Crippen LogP contribution in [0.15, 0.2) is 72.0 Å². The lowest BCUT2D eigenvalue weighted by atomic mass is 10.1. The van der Waals surface area contributed by atoms with Crippen LogP contribution in [0.2, 0.25) is 0 Å². The van der Waals surface area contributed by atoms with Crippen LogP contribution in [0.3, 0.4) is 0 Å². The van der Waals surface area contributed by atoms with E-state index in [2.05, 4.69) is 14.8 Å². The minimum Gasteiger partial charge on any atom is -0.237 e. The molecule has 0 radical (unpaired) electrons. The van der Waals surface area contributed by atoms with Crippen LogP contribution in [0, 0.1) is 0 Å². The van der Waals surface area contributed by atoms with Crippen LogP contribution in [0.4, 0.5) is 0 Å². The fourth-order valence-electron chi connectivity index (χ4n) is 2.17. The Bertz CT molecular complexity index is 877. The number of pyridine rings is 1. The average molecular weight is 328 g/mol. The lowest BCUT2D eigenvalue weighted by Gasteiger charge is -2.13. The fourth-order valence-corrected chi connectivity index (χ4v) is 3.33. The van der Waals surface area contributed by atoms with Crippen molar-refractivity contribution in [3.8, 4) is 5.82 Å². The van der Waals surface area contributed by atoms with Gasteiger partial charge in [-0.05, 0) is 24.6 Å². The van der Waals surface area contributed by atoms with Gasteiger partial charge in [0, 0.05) is 12.2 Å². The second-order valence-corrected chi connectivity index (χ2v) is 6.78. The molecule has 1 aromatic carbocycles. The summed E-state index contributed by atoms with van der Waals surface area (Å²) in [6.07, 6.45) is 4.39. The summed E-state index contributed by atoms with van der Waals surface area (Å²) >= 11 is 0. The number of nitrogens with one attached hydrogen (secondary N) is 1. The highest BCUT2D eigenvalue weighted by molar-refractivity contribution is 7.89. The minimum atomic E-state index is -3.66. The molecule has 3 rings (SSSR count). The van der Waals surface area contributed by atoms with Gasteiger partial charge in [0.2, 0.25) is 10.0 Å². The van der Waals surface area contributed by atoms with E-state index in [0.717, 1.165) is 5.56 Å². The van der Waals surface area contributed by atoms with Crippen molar-refractivity contribution in [3.05, 3.63) is 72.7 Å². The molecule has 7 heteroatoms. The highest BCUT2D eigenvalue weighted by atomic mass is 32.2. The summed E-state index contributed by atoms with van der Waals surface area (Å²) in [4.78, 5) is 4.24. The molecule has 0 fully saturated rings. The third-order valence-electron chi connectivity index (χ3n) is 3.38. The Kier molecular flexibility index (Phi) is 4.22. The number of sulfonamides is 1. The van der Waals surface area contributed by atoms with Crippen LogP contribution in [0.5, 0.6) is 0 Å². The van der Waals surface area contributed by atoms with Crippen LogP contribution >= 0.6 is 0 Å². The largest absolute Gasteiger partial charge is 0.244 e. The van der Waals surface area contributed by atoms with Crippen molar-refractivity contribution < 1.29 is 8.42 Å². The Hall–Kier alpha value is -2.51. The number of hydrogen-bond acceptors (Lipinski definition) is 4. The Labute approximate surface area is 134 Å². The highest BCUT2D eigenvalue weighted by Gasteiger charge is 2.20. The van der Waals surface area contributed by atoms with Crippen LogP contribution in [-0.2, 0) is 10.0 Å². The smallest absolute Gasteiger partial charge is 0.237 e. The summed E-state index contributed by atoms with van der Waals surface area (Å²) in [5, 5.41) is 4.07. The number of aromatic nitrogens is 3. The summed E-state index contributed by atoms with van der Waals surface area (Å²) in [5.41, 5.74) is 0.896. The van der Waals surface area contributed by atoms with Gasteiger partial charge in [0.05, 0.1) is 12.4 Å². The Morgan fingerprint density at radius 3 is 2.52 bits per heavy atom. The van der Waals surface area contributed by atoms with Crippen LogP contribution in [-0.4, -0.2) is 23.2 Å². The third kappa shape index (κ3) is 3.46. The minimum absolute atomic E-state index is 0.103. The van der Waals surface area contributed by atoms with Crippen molar-refractivity contribution in [1.29, 1.82) is 0 Å². The van der Waals surface area contributed by atoms with Crippen molar-refractivity contribution in [3.63, 3.8) is 0 Å². The normalized spacial score (nSPS) is 12.9. The van der Waals surface area contributed by atoms with Gasteiger partial charge in [-0.2, -0.15) is 5.10 Å². The maximum atomic E-state index is 12.5. The van der Waals surface area contributed by atoms with E-state index in [1.807, 2.05) is 36.4 Å². The molecule has 0 aliphatic rings. The van der Waals surface area contributed by atoms with Crippen LogP contribution in [0.25, 0.3) is 5.82 Å².